The Kier molecular flexibility index (Phi) is 16.3. The number of fused-ring (bicyclic) bond motifs is 2. The standard InChI is InChI=1S/C61H82O4P2/c1-17-21-34-61(20-4,63-55-41-43-31-33-49(57(8,9)10)37-47(43)39-51(55)59(14,15)16)67-65-53-29-25-23-27-45(53)35-44-26-22-24-28-52(44)64-66-60(18-2,19-3)62-54-40-42-30-32-48(56(5,6)7)36-46(42)38-50(54)58(11,12)13/h22-33,36-41,66-67H,17-21,34-35H2,1-16H3. The fourth-order valence-electron chi connectivity index (χ4n) is 8.71. The highest BCUT2D eigenvalue weighted by atomic mass is 31.1. The van der Waals surface area contributed by atoms with Gasteiger partial charge in [-0.05, 0) is 134 Å². The van der Waals surface area contributed by atoms with Crippen LogP contribution in [-0.4, -0.2) is 10.7 Å². The molecule has 0 N–H and O–H groups in total. The molecule has 360 valence electrons. The van der Waals surface area contributed by atoms with Crippen molar-refractivity contribution in [3.8, 4) is 23.0 Å². The van der Waals surface area contributed by atoms with Gasteiger partial charge in [0.2, 0.25) is 0 Å². The molecule has 0 aromatic heterocycles. The van der Waals surface area contributed by atoms with Gasteiger partial charge in [0.25, 0.3) is 0 Å². The molecule has 6 heteroatoms. The lowest BCUT2D eigenvalue weighted by molar-refractivity contribution is 0.134. The second kappa shape index (κ2) is 20.9. The topological polar surface area (TPSA) is 36.9 Å². The summed E-state index contributed by atoms with van der Waals surface area (Å²) in [7, 11) is 0.195. The molecule has 6 aromatic rings. The maximum absolute atomic E-state index is 7.36. The highest BCUT2D eigenvalue weighted by Crippen LogP contribution is 2.49. The molecule has 6 aromatic carbocycles. The molecule has 0 aliphatic carbocycles. The van der Waals surface area contributed by atoms with E-state index in [0.29, 0.717) is 6.42 Å². The number of ether oxygens (including phenoxy) is 2. The second-order valence-electron chi connectivity index (χ2n) is 23.0. The van der Waals surface area contributed by atoms with Crippen molar-refractivity contribution in [2.75, 3.05) is 0 Å². The highest BCUT2D eigenvalue weighted by Gasteiger charge is 2.36. The molecule has 0 heterocycles. The fraction of sp³-hybridized carbons (Fsp3) is 0.475. The Morgan fingerprint density at radius 2 is 0.806 bits per heavy atom. The van der Waals surface area contributed by atoms with Crippen molar-refractivity contribution >= 4 is 39.2 Å². The Balaban J connectivity index is 1.25. The van der Waals surface area contributed by atoms with Gasteiger partial charge in [0.05, 0.1) is 0 Å². The van der Waals surface area contributed by atoms with Crippen molar-refractivity contribution < 1.29 is 18.5 Å². The zero-order valence-electron chi connectivity index (χ0n) is 44.0. The van der Waals surface area contributed by atoms with E-state index < -0.39 is 10.7 Å². The molecule has 0 aliphatic heterocycles. The lowest BCUT2D eigenvalue weighted by Crippen LogP contribution is -2.32. The van der Waals surface area contributed by atoms with Gasteiger partial charge in [0, 0.05) is 17.5 Å². The van der Waals surface area contributed by atoms with Crippen LogP contribution in [0.5, 0.6) is 23.0 Å². The van der Waals surface area contributed by atoms with Crippen LogP contribution in [0.2, 0.25) is 0 Å². The van der Waals surface area contributed by atoms with E-state index in [2.05, 4.69) is 220 Å². The first-order chi connectivity index (χ1) is 31.4. The van der Waals surface area contributed by atoms with Crippen molar-refractivity contribution in [2.45, 2.75) is 188 Å². The van der Waals surface area contributed by atoms with E-state index in [0.717, 1.165) is 72.6 Å². The second-order valence-corrected chi connectivity index (χ2v) is 25.6. The van der Waals surface area contributed by atoms with E-state index in [-0.39, 0.29) is 39.3 Å². The smallest absolute Gasteiger partial charge is 0.160 e. The van der Waals surface area contributed by atoms with Crippen LogP contribution in [0.25, 0.3) is 21.5 Å². The van der Waals surface area contributed by atoms with Crippen molar-refractivity contribution in [2.24, 2.45) is 0 Å². The molecule has 4 nitrogen and oxygen atoms in total. The van der Waals surface area contributed by atoms with E-state index >= 15 is 0 Å². The Morgan fingerprint density at radius 3 is 1.19 bits per heavy atom. The van der Waals surface area contributed by atoms with Crippen molar-refractivity contribution in [3.63, 3.8) is 0 Å². The van der Waals surface area contributed by atoms with Crippen LogP contribution in [-0.2, 0) is 28.1 Å². The Bertz CT molecular complexity index is 2610. The first-order valence-corrected chi connectivity index (χ1v) is 26.8. The van der Waals surface area contributed by atoms with Gasteiger partial charge in [0.1, 0.15) is 40.6 Å². The number of benzene rings is 6. The zero-order valence-corrected chi connectivity index (χ0v) is 46.0. The maximum Gasteiger partial charge on any atom is 0.160 e. The van der Waals surface area contributed by atoms with Gasteiger partial charge in [-0.25, -0.2) is 0 Å². The molecule has 0 amide bonds. The van der Waals surface area contributed by atoms with Crippen LogP contribution in [0.15, 0.2) is 109 Å². The molecule has 0 aliphatic rings. The number of hydrogen-bond acceptors (Lipinski definition) is 4. The zero-order chi connectivity index (χ0) is 49.0. The predicted octanol–water partition coefficient (Wildman–Crippen LogP) is 18.7. The first-order valence-electron chi connectivity index (χ1n) is 25.0. The summed E-state index contributed by atoms with van der Waals surface area (Å²) in [6.07, 6.45) is 6.21. The summed E-state index contributed by atoms with van der Waals surface area (Å²) in [4.78, 5) is 0. The largest absolute Gasteiger partial charge is 0.479 e. The molecule has 3 atom stereocenters. The van der Waals surface area contributed by atoms with Crippen LogP contribution in [0, 0.1) is 0 Å². The third-order valence-electron chi connectivity index (χ3n) is 13.5. The van der Waals surface area contributed by atoms with Crippen LogP contribution in [0.4, 0.5) is 0 Å². The third-order valence-corrected chi connectivity index (χ3v) is 16.4. The fourth-order valence-corrected chi connectivity index (χ4v) is 10.7. The number of hydrogen-bond donors (Lipinski definition) is 0. The molecule has 67 heavy (non-hydrogen) atoms. The minimum absolute atomic E-state index is 0.0746. The first kappa shape index (κ1) is 52.3. The minimum atomic E-state index is -0.497. The van der Waals surface area contributed by atoms with Gasteiger partial charge in [-0.15, -0.1) is 0 Å². The molecule has 0 bridgehead atoms. The molecule has 0 saturated heterocycles. The lowest BCUT2D eigenvalue weighted by atomic mass is 9.82. The molecular weight excluding hydrogens is 859 g/mol. The summed E-state index contributed by atoms with van der Waals surface area (Å²) in [5.41, 5.74) is 7.30. The van der Waals surface area contributed by atoms with Crippen molar-refractivity contribution in [3.05, 3.63) is 143 Å². The summed E-state index contributed by atoms with van der Waals surface area (Å²) in [6, 6.07) is 40.0. The Morgan fingerprint density at radius 1 is 0.403 bits per heavy atom. The van der Waals surface area contributed by atoms with Crippen molar-refractivity contribution in [1.82, 2.24) is 0 Å². The molecule has 0 radical (unpaired) electrons. The minimum Gasteiger partial charge on any atom is -0.479 e. The molecule has 3 unspecified atom stereocenters. The highest BCUT2D eigenvalue weighted by molar-refractivity contribution is 7.34. The average molecular weight is 941 g/mol. The molecule has 0 spiro atoms. The normalized spacial score (nSPS) is 14.1. The van der Waals surface area contributed by atoms with E-state index in [1.807, 2.05) is 0 Å². The van der Waals surface area contributed by atoms with Crippen LogP contribution in [0.1, 0.15) is 183 Å². The molecular formula is C61H82O4P2. The van der Waals surface area contributed by atoms with Crippen LogP contribution < -0.4 is 18.5 Å². The van der Waals surface area contributed by atoms with Crippen molar-refractivity contribution in [1.29, 1.82) is 0 Å². The SMILES string of the molecule is CCCCC(CC)(Oc1cc2ccc(C(C)(C)C)cc2cc1C(C)(C)C)POc1ccccc1Cc1ccccc1OPC(CC)(CC)Oc1cc2ccc(C(C)(C)C)cc2cc1C(C)(C)C. The summed E-state index contributed by atoms with van der Waals surface area (Å²) < 4.78 is 28.5. The van der Waals surface area contributed by atoms with Gasteiger partial charge < -0.3 is 18.5 Å². The van der Waals surface area contributed by atoms with Gasteiger partial charge in [0.15, 0.2) is 10.7 Å². The summed E-state index contributed by atoms with van der Waals surface area (Å²) in [5.74, 6) is 3.68. The summed E-state index contributed by atoms with van der Waals surface area (Å²) in [6.45, 7) is 36.3. The summed E-state index contributed by atoms with van der Waals surface area (Å²) in [5, 5.41) is 3.93. The number of unbranched alkanes of at least 4 members (excludes halogenated alkanes) is 1. The van der Waals surface area contributed by atoms with Crippen LogP contribution in [0.3, 0.4) is 0 Å². The van der Waals surface area contributed by atoms with E-state index in [1.165, 1.54) is 43.8 Å². The van der Waals surface area contributed by atoms with Crippen LogP contribution >= 0.6 is 17.6 Å². The maximum atomic E-state index is 7.36. The quantitative estimate of drug-likeness (QED) is 0.0805. The van der Waals surface area contributed by atoms with Gasteiger partial charge >= 0.3 is 0 Å². The summed E-state index contributed by atoms with van der Waals surface area (Å²) >= 11 is 0. The van der Waals surface area contributed by atoms with Gasteiger partial charge in [-0.1, -0.05) is 190 Å². The monoisotopic (exact) mass is 941 g/mol. The van der Waals surface area contributed by atoms with E-state index in [4.69, 9.17) is 18.5 Å². The predicted molar refractivity (Wildman–Crippen MR) is 293 cm³/mol. The van der Waals surface area contributed by atoms with Gasteiger partial charge in [-0.2, -0.15) is 0 Å². The average Bonchev–Trinajstić information content (AvgIpc) is 3.27. The van der Waals surface area contributed by atoms with E-state index in [9.17, 15) is 0 Å². The molecule has 0 saturated carbocycles. The lowest BCUT2D eigenvalue weighted by Gasteiger charge is -2.36. The van der Waals surface area contributed by atoms with Gasteiger partial charge in [-0.3, -0.25) is 0 Å². The Labute approximate surface area is 409 Å². The van der Waals surface area contributed by atoms with E-state index in [1.54, 1.807) is 0 Å². The molecule has 6 rings (SSSR count). The number of rotatable bonds is 18. The number of para-hydroxylation sites is 2. The Hall–Kier alpha value is -4.10. The third kappa shape index (κ3) is 12.8. The molecule has 0 fully saturated rings.